The number of hydrogen-bond acceptors (Lipinski definition) is 5. The van der Waals surface area contributed by atoms with Crippen LogP contribution in [0.3, 0.4) is 0 Å². The van der Waals surface area contributed by atoms with Gasteiger partial charge in [-0.1, -0.05) is 0 Å². The highest BCUT2D eigenvalue weighted by Crippen LogP contribution is 2.81. The van der Waals surface area contributed by atoms with Gasteiger partial charge >= 0.3 is 15.5 Å². The molecular formula is C3H9F4N4P3S. The Morgan fingerprint density at radius 2 is 1.60 bits per heavy atom. The van der Waals surface area contributed by atoms with Crippen molar-refractivity contribution in [2.24, 2.45) is 13.5 Å². The summed E-state index contributed by atoms with van der Waals surface area (Å²) in [5, 5.41) is 0. The Kier molecular flexibility index (Phi) is 3.85. The molecule has 0 N–H and O–H groups in total. The minimum absolute atomic E-state index is 0.613. The van der Waals surface area contributed by atoms with Gasteiger partial charge in [0.05, 0.1) is 5.49 Å². The zero-order valence-corrected chi connectivity index (χ0v) is 11.4. The first-order valence-electron chi connectivity index (χ1n) is 3.60. The van der Waals surface area contributed by atoms with E-state index < -0.39 is 28.5 Å². The summed E-state index contributed by atoms with van der Waals surface area (Å²) in [6, 6.07) is 0. The van der Waals surface area contributed by atoms with Gasteiger partial charge in [0.1, 0.15) is 0 Å². The lowest BCUT2D eigenvalue weighted by Crippen LogP contribution is -2.03. The van der Waals surface area contributed by atoms with Crippen LogP contribution in [0.1, 0.15) is 0 Å². The summed E-state index contributed by atoms with van der Waals surface area (Å²) in [6.07, 6.45) is 0. The third-order valence-corrected chi connectivity index (χ3v) is 9.60. The Hall–Kier alpha value is 0.720. The topological polar surface area (TPSA) is 40.3 Å². The van der Waals surface area contributed by atoms with Gasteiger partial charge in [0.15, 0.2) is 0 Å². The van der Waals surface area contributed by atoms with Gasteiger partial charge in [0.25, 0.3) is 7.52 Å². The number of halogens is 4. The molecule has 0 amide bonds. The minimum atomic E-state index is -5.24. The van der Waals surface area contributed by atoms with Crippen molar-refractivity contribution < 1.29 is 16.8 Å². The van der Waals surface area contributed by atoms with Crippen molar-refractivity contribution in [2.75, 3.05) is 19.6 Å². The highest BCUT2D eigenvalue weighted by molar-refractivity contribution is 7.93. The van der Waals surface area contributed by atoms with Crippen LogP contribution in [0.25, 0.3) is 0 Å². The molecule has 2 unspecified atom stereocenters. The van der Waals surface area contributed by atoms with Crippen LogP contribution >= 0.6 is 35.6 Å². The first kappa shape index (κ1) is 13.8. The molecule has 0 aromatic heterocycles. The van der Waals surface area contributed by atoms with Gasteiger partial charge < -0.3 is 0 Å². The largest absolute Gasteiger partial charge is 0.422 e. The number of nitrogens with zero attached hydrogens (tertiary/aromatic N) is 4. The first-order valence-corrected chi connectivity index (χ1v) is 9.02. The van der Waals surface area contributed by atoms with E-state index in [9.17, 15) is 16.8 Å². The zero-order valence-electron chi connectivity index (χ0n) is 7.80. The summed E-state index contributed by atoms with van der Waals surface area (Å²) in [5.41, 5.74) is -0.613. The van der Waals surface area contributed by atoms with E-state index in [0.717, 1.165) is 4.67 Å². The van der Waals surface area contributed by atoms with Crippen molar-refractivity contribution in [1.82, 2.24) is 4.67 Å². The average Bonchev–Trinajstić information content (AvgIpc) is 1.99. The van der Waals surface area contributed by atoms with Gasteiger partial charge in [0.2, 0.25) is 0 Å². The maximum atomic E-state index is 13.8. The normalized spacial score (nSPS) is 39.2. The molecule has 0 aromatic rings. The summed E-state index contributed by atoms with van der Waals surface area (Å²) < 4.78 is 62.5. The molecule has 0 aromatic carbocycles. The van der Waals surface area contributed by atoms with Gasteiger partial charge in [-0.3, -0.25) is 0 Å². The first-order chi connectivity index (χ1) is 6.63. The van der Waals surface area contributed by atoms with Gasteiger partial charge in [-0.15, -0.1) is 12.9 Å². The van der Waals surface area contributed by atoms with Crippen LogP contribution in [-0.2, 0) is 0 Å². The Bertz CT molecular complexity index is 427. The van der Waals surface area contributed by atoms with Crippen LogP contribution in [0.2, 0.25) is 0 Å². The molecular weight excluding hydrogens is 293 g/mol. The highest BCUT2D eigenvalue weighted by Gasteiger charge is 2.39. The van der Waals surface area contributed by atoms with E-state index in [1.807, 2.05) is 0 Å². The van der Waals surface area contributed by atoms with Gasteiger partial charge in [-0.25, -0.2) is 4.67 Å². The Morgan fingerprint density at radius 3 is 2.00 bits per heavy atom. The van der Waals surface area contributed by atoms with Crippen molar-refractivity contribution in [2.45, 2.75) is 0 Å². The molecule has 4 nitrogen and oxygen atoms in total. The third kappa shape index (κ3) is 3.10. The SMILES string of the molecule is CN(C)P1(F)=NP(F)(F)=NP(F)(CS)=N1. The standard InChI is InChI=1S/C3H9F4N4P3S/c1-11(2)14(7)9-12(4,3-15)8-13(5,6)10-14/h15H,3H2,1-2H3. The summed E-state index contributed by atoms with van der Waals surface area (Å²) in [7, 11) is -11.3. The second-order valence-corrected chi connectivity index (χ2v) is 10.1. The molecule has 0 saturated carbocycles. The smallest absolute Gasteiger partial charge is 0.232 e. The monoisotopic (exact) mass is 302 g/mol. The molecule has 1 aliphatic rings. The van der Waals surface area contributed by atoms with E-state index in [4.69, 9.17) is 0 Å². The number of thiol groups is 1. The van der Waals surface area contributed by atoms with Crippen LogP contribution in [0.15, 0.2) is 13.5 Å². The van der Waals surface area contributed by atoms with Crippen molar-refractivity contribution >= 4 is 35.6 Å². The van der Waals surface area contributed by atoms with Crippen molar-refractivity contribution in [3.05, 3.63) is 0 Å². The summed E-state index contributed by atoms with van der Waals surface area (Å²) in [6.45, 7) is 0. The third-order valence-electron chi connectivity index (χ3n) is 1.41. The fraction of sp³-hybridized carbons (Fsp3) is 1.00. The maximum Gasteiger partial charge on any atom is 0.422 e. The lowest BCUT2D eigenvalue weighted by atomic mass is 11.3. The molecule has 0 saturated heterocycles. The van der Waals surface area contributed by atoms with Gasteiger partial charge in [-0.05, 0) is 14.1 Å². The second kappa shape index (κ2) is 4.19. The molecule has 0 bridgehead atoms. The van der Waals surface area contributed by atoms with Crippen LogP contribution in [0.5, 0.6) is 0 Å². The van der Waals surface area contributed by atoms with Crippen LogP contribution in [0.4, 0.5) is 16.8 Å². The predicted molar refractivity (Wildman–Crippen MR) is 60.0 cm³/mol. The molecule has 0 aliphatic carbocycles. The summed E-state index contributed by atoms with van der Waals surface area (Å²) in [5.74, 6) is 0. The maximum absolute atomic E-state index is 13.8. The molecule has 0 radical (unpaired) electrons. The predicted octanol–water partition coefficient (Wildman–Crippen LogP) is 5.25. The van der Waals surface area contributed by atoms with E-state index in [1.54, 1.807) is 0 Å². The molecule has 1 rings (SSSR count). The number of hydrogen-bond donors (Lipinski definition) is 1. The summed E-state index contributed by atoms with van der Waals surface area (Å²) >= 11 is 3.54. The summed E-state index contributed by atoms with van der Waals surface area (Å²) in [4.78, 5) is 0. The molecule has 2 atom stereocenters. The number of rotatable bonds is 2. The fourth-order valence-electron chi connectivity index (χ4n) is 0.746. The minimum Gasteiger partial charge on any atom is -0.232 e. The fourth-order valence-corrected chi connectivity index (χ4v) is 8.70. The molecule has 1 aliphatic heterocycles. The molecule has 1 heterocycles. The van der Waals surface area contributed by atoms with Crippen LogP contribution in [-0.4, -0.2) is 24.3 Å². The van der Waals surface area contributed by atoms with Crippen molar-refractivity contribution in [1.29, 1.82) is 0 Å². The Morgan fingerprint density at radius 1 is 1.07 bits per heavy atom. The molecule has 0 spiro atoms. The second-order valence-electron chi connectivity index (χ2n) is 2.85. The highest BCUT2D eigenvalue weighted by atomic mass is 32.1. The van der Waals surface area contributed by atoms with Gasteiger partial charge in [-0.2, -0.15) is 30.1 Å². The molecule has 15 heavy (non-hydrogen) atoms. The molecule has 12 heteroatoms. The molecule has 90 valence electrons. The van der Waals surface area contributed by atoms with Crippen molar-refractivity contribution in [3.8, 4) is 0 Å². The zero-order chi connectivity index (χ0) is 11.9. The Balaban J connectivity index is 3.50. The molecule has 0 fully saturated rings. The lowest BCUT2D eigenvalue weighted by molar-refractivity contribution is 0.607. The van der Waals surface area contributed by atoms with Crippen LogP contribution in [0, 0.1) is 0 Å². The Labute approximate surface area is 90.7 Å². The van der Waals surface area contributed by atoms with Crippen molar-refractivity contribution in [3.63, 3.8) is 0 Å². The van der Waals surface area contributed by atoms with E-state index in [-0.39, 0.29) is 0 Å². The average molecular weight is 302 g/mol. The van der Waals surface area contributed by atoms with E-state index in [2.05, 4.69) is 26.2 Å². The van der Waals surface area contributed by atoms with E-state index in [0.29, 0.717) is 0 Å². The van der Waals surface area contributed by atoms with Crippen LogP contribution < -0.4 is 0 Å². The van der Waals surface area contributed by atoms with E-state index >= 15 is 0 Å². The lowest BCUT2D eigenvalue weighted by Gasteiger charge is -2.23. The van der Waals surface area contributed by atoms with Gasteiger partial charge in [0, 0.05) is 0 Å². The van der Waals surface area contributed by atoms with E-state index in [1.165, 1.54) is 14.1 Å². The quantitative estimate of drug-likeness (QED) is 0.422.